The van der Waals surface area contributed by atoms with Gasteiger partial charge in [0, 0.05) is 0 Å². The van der Waals surface area contributed by atoms with Crippen LogP contribution in [0.25, 0.3) is 0 Å². The minimum absolute atomic E-state index is 0.654. The number of rotatable bonds is 3. The summed E-state index contributed by atoms with van der Waals surface area (Å²) in [6.07, 6.45) is 4.58. The average Bonchev–Trinajstić information content (AvgIpc) is 1.84. The Balaban J connectivity index is 4.33. The molecular formula is C12H22. The molecule has 0 heteroatoms. The maximum absolute atomic E-state index is 2.30. The fraction of sp³-hybridized carbons (Fsp3) is 0.667. The summed E-state index contributed by atoms with van der Waals surface area (Å²) in [6.45, 7) is 13.3. The van der Waals surface area contributed by atoms with E-state index in [-0.39, 0.29) is 0 Å². The van der Waals surface area contributed by atoms with Crippen LogP contribution >= 0.6 is 0 Å². The monoisotopic (exact) mass is 166 g/mol. The third-order valence-electron chi connectivity index (χ3n) is 1.96. The molecule has 0 unspecified atom stereocenters. The normalized spacial score (nSPS) is 14.7. The van der Waals surface area contributed by atoms with Crippen LogP contribution in [0.2, 0.25) is 0 Å². The molecule has 0 atom stereocenters. The summed E-state index contributed by atoms with van der Waals surface area (Å²) in [7, 11) is 0. The second-order valence-corrected chi connectivity index (χ2v) is 4.20. The lowest BCUT2D eigenvalue weighted by molar-refractivity contribution is 0.766. The van der Waals surface area contributed by atoms with Gasteiger partial charge >= 0.3 is 0 Å². The molecule has 12 heavy (non-hydrogen) atoms. The van der Waals surface area contributed by atoms with Crippen molar-refractivity contribution in [2.45, 2.75) is 41.5 Å². The molecule has 0 bridgehead atoms. The molecular weight excluding hydrogens is 144 g/mol. The molecule has 0 aliphatic carbocycles. The Labute approximate surface area is 77.4 Å². The second-order valence-electron chi connectivity index (χ2n) is 4.20. The van der Waals surface area contributed by atoms with Crippen LogP contribution in [0.3, 0.4) is 0 Å². The van der Waals surface area contributed by atoms with E-state index in [2.05, 4.69) is 53.7 Å². The Morgan fingerprint density at radius 2 is 1.50 bits per heavy atom. The fourth-order valence-electron chi connectivity index (χ4n) is 1.10. The van der Waals surface area contributed by atoms with E-state index in [0.717, 1.165) is 0 Å². The fourth-order valence-corrected chi connectivity index (χ4v) is 1.10. The molecule has 0 amide bonds. The number of hydrogen-bond donors (Lipinski definition) is 0. The first-order chi connectivity index (χ1) is 5.43. The first-order valence-corrected chi connectivity index (χ1v) is 4.80. The lowest BCUT2D eigenvalue weighted by Crippen LogP contribution is -1.89. The summed E-state index contributed by atoms with van der Waals surface area (Å²) in [4.78, 5) is 0. The van der Waals surface area contributed by atoms with E-state index in [1.54, 1.807) is 0 Å². The average molecular weight is 166 g/mol. The van der Waals surface area contributed by atoms with Gasteiger partial charge in [0.2, 0.25) is 0 Å². The highest BCUT2D eigenvalue weighted by atomic mass is 14.0. The summed E-state index contributed by atoms with van der Waals surface area (Å²) < 4.78 is 0. The molecule has 0 spiro atoms. The molecule has 0 radical (unpaired) electrons. The van der Waals surface area contributed by atoms with Gasteiger partial charge in [-0.2, -0.15) is 0 Å². The van der Waals surface area contributed by atoms with Crippen molar-refractivity contribution < 1.29 is 0 Å². The Morgan fingerprint density at radius 3 is 1.83 bits per heavy atom. The Morgan fingerprint density at radius 1 is 1.00 bits per heavy atom. The zero-order chi connectivity index (χ0) is 9.72. The lowest BCUT2D eigenvalue weighted by atomic mass is 10.0. The molecule has 0 fully saturated rings. The van der Waals surface area contributed by atoms with Crippen LogP contribution in [-0.2, 0) is 0 Å². The number of allylic oxidation sites excluding steroid dienone is 4. The highest BCUT2D eigenvalue weighted by molar-refractivity contribution is 5.21. The molecule has 70 valence electrons. The van der Waals surface area contributed by atoms with Crippen LogP contribution in [0.1, 0.15) is 41.5 Å². The predicted molar refractivity (Wildman–Crippen MR) is 57.2 cm³/mol. The zero-order valence-electron chi connectivity index (χ0n) is 9.31. The van der Waals surface area contributed by atoms with Crippen LogP contribution in [-0.4, -0.2) is 0 Å². The highest BCUT2D eigenvalue weighted by Gasteiger charge is 1.96. The van der Waals surface area contributed by atoms with E-state index >= 15 is 0 Å². The van der Waals surface area contributed by atoms with Crippen molar-refractivity contribution in [3.63, 3.8) is 0 Å². The van der Waals surface area contributed by atoms with Gasteiger partial charge in [0.15, 0.2) is 0 Å². The third kappa shape index (κ3) is 5.17. The first-order valence-electron chi connectivity index (χ1n) is 4.80. The summed E-state index contributed by atoms with van der Waals surface area (Å²) in [6, 6.07) is 0. The zero-order valence-corrected chi connectivity index (χ0v) is 9.31. The molecule has 0 aliphatic heterocycles. The van der Waals surface area contributed by atoms with Gasteiger partial charge in [-0.1, -0.05) is 51.0 Å². The van der Waals surface area contributed by atoms with Crippen LogP contribution in [0.5, 0.6) is 0 Å². The van der Waals surface area contributed by atoms with Gasteiger partial charge in [0.05, 0.1) is 0 Å². The van der Waals surface area contributed by atoms with Gasteiger partial charge in [-0.3, -0.25) is 0 Å². The lowest BCUT2D eigenvalue weighted by Gasteiger charge is -2.05. The Hall–Kier alpha value is -0.520. The van der Waals surface area contributed by atoms with Crippen molar-refractivity contribution in [2.75, 3.05) is 0 Å². The van der Waals surface area contributed by atoms with E-state index in [0.29, 0.717) is 11.8 Å². The summed E-state index contributed by atoms with van der Waals surface area (Å²) in [5.74, 6) is 1.32. The standard InChI is InChI=1S/C12H22/c1-9(2)7-11(5)8-12(6)10(3)4/h7-10H,1-6H3. The SMILES string of the molecule is CC(=CC(C)C)C=C(C)C(C)C. The van der Waals surface area contributed by atoms with Crippen molar-refractivity contribution in [1.29, 1.82) is 0 Å². The summed E-state index contributed by atoms with van der Waals surface area (Å²) >= 11 is 0. The Kier molecular flexibility index (Phi) is 4.96. The van der Waals surface area contributed by atoms with Crippen molar-refractivity contribution in [3.05, 3.63) is 23.3 Å². The van der Waals surface area contributed by atoms with Gasteiger partial charge in [-0.05, 0) is 25.7 Å². The maximum Gasteiger partial charge on any atom is -0.0260 e. The molecule has 0 aromatic heterocycles. The molecule has 0 aliphatic rings. The van der Waals surface area contributed by atoms with Crippen LogP contribution in [0.4, 0.5) is 0 Å². The van der Waals surface area contributed by atoms with Crippen LogP contribution < -0.4 is 0 Å². The van der Waals surface area contributed by atoms with Gasteiger partial charge in [-0.25, -0.2) is 0 Å². The van der Waals surface area contributed by atoms with E-state index in [9.17, 15) is 0 Å². The number of hydrogen-bond acceptors (Lipinski definition) is 0. The summed E-state index contributed by atoms with van der Waals surface area (Å²) in [5, 5.41) is 0. The summed E-state index contributed by atoms with van der Waals surface area (Å²) in [5.41, 5.74) is 2.85. The minimum Gasteiger partial charge on any atom is -0.0790 e. The van der Waals surface area contributed by atoms with Crippen molar-refractivity contribution in [3.8, 4) is 0 Å². The van der Waals surface area contributed by atoms with Crippen molar-refractivity contribution in [1.82, 2.24) is 0 Å². The van der Waals surface area contributed by atoms with Crippen LogP contribution in [0.15, 0.2) is 23.3 Å². The third-order valence-corrected chi connectivity index (χ3v) is 1.96. The van der Waals surface area contributed by atoms with Crippen LogP contribution in [0, 0.1) is 11.8 Å². The van der Waals surface area contributed by atoms with Crippen molar-refractivity contribution >= 4 is 0 Å². The minimum atomic E-state index is 0.654. The quantitative estimate of drug-likeness (QED) is 0.551. The van der Waals surface area contributed by atoms with E-state index in [1.165, 1.54) is 11.1 Å². The van der Waals surface area contributed by atoms with E-state index < -0.39 is 0 Å². The second kappa shape index (κ2) is 5.18. The molecule has 0 nitrogen and oxygen atoms in total. The Bertz CT molecular complexity index is 180. The van der Waals surface area contributed by atoms with Gasteiger partial charge in [-0.15, -0.1) is 0 Å². The highest BCUT2D eigenvalue weighted by Crippen LogP contribution is 2.12. The molecule has 0 aromatic rings. The smallest absolute Gasteiger partial charge is 0.0260 e. The molecule has 0 heterocycles. The topological polar surface area (TPSA) is 0 Å². The maximum atomic E-state index is 2.30. The largest absolute Gasteiger partial charge is 0.0790 e. The van der Waals surface area contributed by atoms with Crippen molar-refractivity contribution in [2.24, 2.45) is 11.8 Å². The predicted octanol–water partition coefficient (Wildman–Crippen LogP) is 4.19. The first kappa shape index (κ1) is 11.5. The molecule has 0 aromatic carbocycles. The molecule has 0 saturated carbocycles. The molecule has 0 rings (SSSR count). The van der Waals surface area contributed by atoms with E-state index in [4.69, 9.17) is 0 Å². The molecule has 0 N–H and O–H groups in total. The van der Waals surface area contributed by atoms with Gasteiger partial charge < -0.3 is 0 Å². The van der Waals surface area contributed by atoms with Gasteiger partial charge in [0.1, 0.15) is 0 Å². The van der Waals surface area contributed by atoms with Gasteiger partial charge in [0.25, 0.3) is 0 Å². The van der Waals surface area contributed by atoms with E-state index in [1.807, 2.05) is 0 Å². The molecule has 0 saturated heterocycles.